The van der Waals surface area contributed by atoms with Crippen molar-refractivity contribution in [3.8, 4) is 0 Å². The Bertz CT molecular complexity index is 613. The molecule has 0 radical (unpaired) electrons. The summed E-state index contributed by atoms with van der Waals surface area (Å²) in [6.07, 6.45) is 5.21. The van der Waals surface area contributed by atoms with Crippen LogP contribution in [0.25, 0.3) is 5.52 Å². The molecule has 0 saturated carbocycles. The van der Waals surface area contributed by atoms with Crippen LogP contribution < -0.4 is 0 Å². The van der Waals surface area contributed by atoms with Crippen molar-refractivity contribution in [1.82, 2.24) is 14.3 Å². The first kappa shape index (κ1) is 11.4. The van der Waals surface area contributed by atoms with Gasteiger partial charge in [0.1, 0.15) is 0 Å². The highest BCUT2D eigenvalue weighted by molar-refractivity contribution is 7.85. The van der Waals surface area contributed by atoms with Gasteiger partial charge in [0.15, 0.2) is 0 Å². The number of carbonyl (C=O) groups is 1. The highest BCUT2D eigenvalue weighted by Gasteiger charge is 2.21. The summed E-state index contributed by atoms with van der Waals surface area (Å²) in [6.45, 7) is 1.15. The summed E-state index contributed by atoms with van der Waals surface area (Å²) in [5.41, 5.74) is 1.61. The summed E-state index contributed by atoms with van der Waals surface area (Å²) >= 11 is 0. The zero-order chi connectivity index (χ0) is 12.5. The average molecular weight is 263 g/mol. The van der Waals surface area contributed by atoms with E-state index in [1.165, 1.54) is 0 Å². The normalized spacial score (nSPS) is 17.2. The van der Waals surface area contributed by atoms with Gasteiger partial charge in [-0.15, -0.1) is 0 Å². The number of carbonyl (C=O) groups excluding carboxylic acids is 1. The second kappa shape index (κ2) is 4.53. The van der Waals surface area contributed by atoms with Gasteiger partial charge >= 0.3 is 0 Å². The predicted octanol–water partition coefficient (Wildman–Crippen LogP) is 0.539. The van der Waals surface area contributed by atoms with Crippen LogP contribution in [0.5, 0.6) is 0 Å². The fourth-order valence-corrected chi connectivity index (χ4v) is 3.12. The van der Waals surface area contributed by atoms with Crippen molar-refractivity contribution in [2.24, 2.45) is 0 Å². The number of hydrogen-bond acceptors (Lipinski definition) is 3. The molecule has 2 aromatic heterocycles. The van der Waals surface area contributed by atoms with Crippen LogP contribution in [0, 0.1) is 0 Å². The van der Waals surface area contributed by atoms with Crippen molar-refractivity contribution in [3.05, 3.63) is 36.4 Å². The first-order valence-corrected chi connectivity index (χ1v) is 7.29. The van der Waals surface area contributed by atoms with E-state index in [0.29, 0.717) is 30.2 Å². The number of fused-ring (bicyclic) bond motifs is 1. The molecule has 0 bridgehead atoms. The first-order chi connectivity index (χ1) is 8.74. The molecule has 0 N–H and O–H groups in total. The van der Waals surface area contributed by atoms with Crippen molar-refractivity contribution in [1.29, 1.82) is 0 Å². The molecule has 1 aliphatic heterocycles. The molecule has 0 aromatic carbocycles. The van der Waals surface area contributed by atoms with E-state index >= 15 is 0 Å². The minimum Gasteiger partial charge on any atom is -0.337 e. The van der Waals surface area contributed by atoms with Gasteiger partial charge in [-0.1, -0.05) is 0 Å². The van der Waals surface area contributed by atoms with Crippen LogP contribution >= 0.6 is 0 Å². The number of aromatic nitrogens is 2. The van der Waals surface area contributed by atoms with Gasteiger partial charge in [0, 0.05) is 41.6 Å². The van der Waals surface area contributed by atoms with Gasteiger partial charge in [0.05, 0.1) is 23.6 Å². The molecular weight excluding hydrogens is 250 g/mol. The Kier molecular flexibility index (Phi) is 2.87. The Labute approximate surface area is 107 Å². The maximum Gasteiger partial charge on any atom is 0.255 e. The lowest BCUT2D eigenvalue weighted by Crippen LogP contribution is -2.41. The summed E-state index contributed by atoms with van der Waals surface area (Å²) in [4.78, 5) is 18.1. The molecule has 0 atom stereocenters. The number of amides is 1. The molecule has 3 heterocycles. The molecule has 0 aliphatic carbocycles. The van der Waals surface area contributed by atoms with E-state index in [1.54, 1.807) is 23.6 Å². The topological polar surface area (TPSA) is 54.7 Å². The van der Waals surface area contributed by atoms with E-state index in [4.69, 9.17) is 0 Å². The minimum atomic E-state index is -0.759. The van der Waals surface area contributed by atoms with Gasteiger partial charge in [0.25, 0.3) is 5.91 Å². The summed E-state index contributed by atoms with van der Waals surface area (Å²) in [7, 11) is -0.759. The number of imidazole rings is 1. The van der Waals surface area contributed by atoms with E-state index in [9.17, 15) is 9.00 Å². The number of rotatable bonds is 1. The van der Waals surface area contributed by atoms with Gasteiger partial charge in [-0.25, -0.2) is 4.98 Å². The SMILES string of the molecule is O=C(c1ccc2cncn2c1)N1CCS(=O)CC1. The maximum atomic E-state index is 12.3. The molecule has 18 heavy (non-hydrogen) atoms. The van der Waals surface area contributed by atoms with E-state index in [1.807, 2.05) is 16.5 Å². The molecule has 2 aromatic rings. The van der Waals surface area contributed by atoms with Crippen LogP contribution in [0.4, 0.5) is 0 Å². The smallest absolute Gasteiger partial charge is 0.255 e. The van der Waals surface area contributed by atoms with Crippen LogP contribution in [-0.4, -0.2) is 49.0 Å². The van der Waals surface area contributed by atoms with E-state index < -0.39 is 10.8 Å². The van der Waals surface area contributed by atoms with Crippen LogP contribution in [-0.2, 0) is 10.8 Å². The van der Waals surface area contributed by atoms with Crippen molar-refractivity contribution >= 4 is 22.2 Å². The first-order valence-electron chi connectivity index (χ1n) is 5.80. The van der Waals surface area contributed by atoms with Gasteiger partial charge in [-0.05, 0) is 12.1 Å². The van der Waals surface area contributed by atoms with Crippen molar-refractivity contribution in [2.45, 2.75) is 0 Å². The van der Waals surface area contributed by atoms with Crippen molar-refractivity contribution < 1.29 is 9.00 Å². The number of nitrogens with zero attached hydrogens (tertiary/aromatic N) is 3. The molecule has 1 fully saturated rings. The molecule has 6 heteroatoms. The van der Waals surface area contributed by atoms with Crippen LogP contribution in [0.15, 0.2) is 30.9 Å². The minimum absolute atomic E-state index is 0.00213. The van der Waals surface area contributed by atoms with Gasteiger partial charge in [-0.2, -0.15) is 0 Å². The van der Waals surface area contributed by atoms with Crippen molar-refractivity contribution in [3.63, 3.8) is 0 Å². The Morgan fingerprint density at radius 3 is 2.83 bits per heavy atom. The van der Waals surface area contributed by atoms with Crippen LogP contribution in [0.1, 0.15) is 10.4 Å². The molecule has 0 unspecified atom stereocenters. The quantitative estimate of drug-likeness (QED) is 0.754. The molecule has 94 valence electrons. The third-order valence-corrected chi connectivity index (χ3v) is 4.40. The lowest BCUT2D eigenvalue weighted by atomic mass is 10.2. The van der Waals surface area contributed by atoms with E-state index in [0.717, 1.165) is 5.52 Å². The molecule has 1 amide bonds. The fourth-order valence-electron chi connectivity index (χ4n) is 2.07. The van der Waals surface area contributed by atoms with Gasteiger partial charge in [0.2, 0.25) is 0 Å². The number of pyridine rings is 1. The Hall–Kier alpha value is -1.69. The zero-order valence-electron chi connectivity index (χ0n) is 9.78. The Morgan fingerprint density at radius 1 is 1.28 bits per heavy atom. The molecule has 1 aliphatic rings. The van der Waals surface area contributed by atoms with E-state index in [2.05, 4.69) is 4.98 Å². The average Bonchev–Trinajstić information content (AvgIpc) is 2.86. The standard InChI is InChI=1S/C12H13N3O2S/c16-12(14-3-5-18(17)6-4-14)10-1-2-11-7-13-9-15(11)8-10/h1-2,7-9H,3-6H2. The predicted molar refractivity (Wildman–Crippen MR) is 69.0 cm³/mol. The summed E-state index contributed by atoms with van der Waals surface area (Å²) in [5.74, 6) is 1.17. The highest BCUT2D eigenvalue weighted by atomic mass is 32.2. The monoisotopic (exact) mass is 263 g/mol. The van der Waals surface area contributed by atoms with Crippen LogP contribution in [0.2, 0.25) is 0 Å². The second-order valence-corrected chi connectivity index (χ2v) is 5.98. The lowest BCUT2D eigenvalue weighted by Gasteiger charge is -2.26. The summed E-state index contributed by atoms with van der Waals surface area (Å²) < 4.78 is 13.1. The Morgan fingerprint density at radius 2 is 2.06 bits per heavy atom. The third-order valence-electron chi connectivity index (χ3n) is 3.12. The van der Waals surface area contributed by atoms with Gasteiger partial charge < -0.3 is 9.30 Å². The second-order valence-electron chi connectivity index (χ2n) is 4.28. The summed E-state index contributed by atoms with van der Waals surface area (Å²) in [6, 6.07) is 3.69. The van der Waals surface area contributed by atoms with Crippen molar-refractivity contribution in [2.75, 3.05) is 24.6 Å². The molecule has 3 rings (SSSR count). The largest absolute Gasteiger partial charge is 0.337 e. The molecule has 1 saturated heterocycles. The van der Waals surface area contributed by atoms with E-state index in [-0.39, 0.29) is 5.91 Å². The fraction of sp³-hybridized carbons (Fsp3) is 0.333. The zero-order valence-corrected chi connectivity index (χ0v) is 10.6. The lowest BCUT2D eigenvalue weighted by molar-refractivity contribution is 0.0771. The molecule has 0 spiro atoms. The number of hydrogen-bond donors (Lipinski definition) is 0. The Balaban J connectivity index is 1.84. The van der Waals surface area contributed by atoms with Crippen LogP contribution in [0.3, 0.4) is 0 Å². The summed E-state index contributed by atoms with van der Waals surface area (Å²) in [5, 5.41) is 0. The maximum absolute atomic E-state index is 12.3. The molecular formula is C12H13N3O2S. The molecule has 5 nitrogen and oxygen atoms in total. The highest BCUT2D eigenvalue weighted by Crippen LogP contribution is 2.10. The third kappa shape index (κ3) is 2.03. The van der Waals surface area contributed by atoms with Gasteiger partial charge in [-0.3, -0.25) is 9.00 Å².